The van der Waals surface area contributed by atoms with E-state index < -0.39 is 0 Å². The van der Waals surface area contributed by atoms with Crippen LogP contribution in [0.15, 0.2) is 22.2 Å². The van der Waals surface area contributed by atoms with Gasteiger partial charge in [-0.25, -0.2) is 0 Å². The minimum absolute atomic E-state index is 0.131. The van der Waals surface area contributed by atoms with Crippen LogP contribution in [0.1, 0.15) is 33.2 Å². The smallest absolute Gasteiger partial charge is 0.190 e. The van der Waals surface area contributed by atoms with Gasteiger partial charge in [0.25, 0.3) is 0 Å². The fourth-order valence-electron chi connectivity index (χ4n) is 1.91. The van der Waals surface area contributed by atoms with Crippen molar-refractivity contribution >= 4 is 27.5 Å². The first-order chi connectivity index (χ1) is 7.97. The van der Waals surface area contributed by atoms with Gasteiger partial charge in [0.05, 0.1) is 18.2 Å². The van der Waals surface area contributed by atoms with Crippen LogP contribution in [-0.4, -0.2) is 18.7 Å². The molecule has 2 rings (SSSR count). The van der Waals surface area contributed by atoms with E-state index in [2.05, 4.69) is 15.9 Å². The van der Waals surface area contributed by atoms with E-state index in [1.165, 1.54) is 13.2 Å². The van der Waals surface area contributed by atoms with Gasteiger partial charge in [-0.15, -0.1) is 0 Å². The zero-order valence-corrected chi connectivity index (χ0v) is 11.3. The molecule has 0 spiro atoms. The number of hydrogen-bond donors (Lipinski definition) is 0. The quantitative estimate of drug-likeness (QED) is 0.799. The number of halogens is 1. The molecule has 0 fully saturated rings. The molecule has 0 radical (unpaired) electrons. The second kappa shape index (κ2) is 4.11. The van der Waals surface area contributed by atoms with Gasteiger partial charge in [-0.2, -0.15) is 0 Å². The molecule has 1 aliphatic rings. The van der Waals surface area contributed by atoms with Crippen LogP contribution < -0.4 is 4.74 Å². The van der Waals surface area contributed by atoms with E-state index in [1.54, 1.807) is 13.0 Å². The first-order valence-electron chi connectivity index (χ1n) is 5.11. The largest absolute Gasteiger partial charge is 0.496 e. The van der Waals surface area contributed by atoms with Crippen molar-refractivity contribution < 1.29 is 14.3 Å². The molecule has 0 aliphatic heterocycles. The van der Waals surface area contributed by atoms with Crippen molar-refractivity contribution in [1.82, 2.24) is 0 Å². The molecule has 1 aromatic carbocycles. The van der Waals surface area contributed by atoms with Crippen LogP contribution in [-0.2, 0) is 0 Å². The lowest BCUT2D eigenvalue weighted by Crippen LogP contribution is -2.18. The number of ketones is 2. The fourth-order valence-corrected chi connectivity index (χ4v) is 2.41. The SMILES string of the molecule is COc1cc(C)c(Br)c2c1C(=O)C=C(C)C2=O. The molecule has 17 heavy (non-hydrogen) atoms. The van der Waals surface area contributed by atoms with Crippen molar-refractivity contribution in [2.75, 3.05) is 7.11 Å². The molecule has 1 aliphatic carbocycles. The Bertz CT molecular complexity index is 571. The third-order valence-electron chi connectivity index (χ3n) is 2.81. The van der Waals surface area contributed by atoms with Crippen LogP contribution in [0.5, 0.6) is 5.75 Å². The summed E-state index contributed by atoms with van der Waals surface area (Å²) in [6.45, 7) is 3.50. The molecule has 0 saturated carbocycles. The molecular formula is C13H11BrO3. The molecule has 0 heterocycles. The zero-order chi connectivity index (χ0) is 12.7. The predicted octanol–water partition coefficient (Wildman–Crippen LogP) is 3.09. The first-order valence-corrected chi connectivity index (χ1v) is 5.91. The number of Topliss-reactive ketones (excluding diaryl/α,β-unsaturated/α-hetero) is 1. The molecule has 3 nitrogen and oxygen atoms in total. The maximum Gasteiger partial charge on any atom is 0.190 e. The van der Waals surface area contributed by atoms with Crippen LogP contribution >= 0.6 is 15.9 Å². The summed E-state index contributed by atoms with van der Waals surface area (Å²) < 4.78 is 5.85. The Morgan fingerprint density at radius 2 is 1.82 bits per heavy atom. The van der Waals surface area contributed by atoms with Crippen molar-refractivity contribution in [3.05, 3.63) is 38.9 Å². The van der Waals surface area contributed by atoms with Crippen LogP contribution in [0.25, 0.3) is 0 Å². The minimum atomic E-state index is -0.186. The van der Waals surface area contributed by atoms with E-state index in [4.69, 9.17) is 4.74 Å². The Hall–Kier alpha value is -1.42. The van der Waals surface area contributed by atoms with Gasteiger partial charge in [0.15, 0.2) is 11.6 Å². The third-order valence-corrected chi connectivity index (χ3v) is 3.83. The molecule has 1 aromatic rings. The molecule has 0 saturated heterocycles. The molecular weight excluding hydrogens is 284 g/mol. The van der Waals surface area contributed by atoms with Crippen molar-refractivity contribution in [2.24, 2.45) is 0 Å². The van der Waals surface area contributed by atoms with Crippen molar-refractivity contribution in [3.8, 4) is 5.75 Å². The van der Waals surface area contributed by atoms with Gasteiger partial charge >= 0.3 is 0 Å². The lowest BCUT2D eigenvalue weighted by atomic mass is 9.88. The predicted molar refractivity (Wildman–Crippen MR) is 67.8 cm³/mol. The third kappa shape index (κ3) is 1.72. The molecule has 0 amide bonds. The average Bonchev–Trinajstić information content (AvgIpc) is 2.29. The monoisotopic (exact) mass is 294 g/mol. The van der Waals surface area contributed by atoms with Gasteiger partial charge in [-0.3, -0.25) is 9.59 Å². The van der Waals surface area contributed by atoms with E-state index in [9.17, 15) is 9.59 Å². The summed E-state index contributed by atoms with van der Waals surface area (Å²) in [5.74, 6) is 0.130. The fraction of sp³-hybridized carbons (Fsp3) is 0.231. The summed E-state index contributed by atoms with van der Waals surface area (Å²) in [5, 5.41) is 0. The number of benzene rings is 1. The summed E-state index contributed by atoms with van der Waals surface area (Å²) in [7, 11) is 1.49. The number of carbonyl (C=O) groups is 2. The van der Waals surface area contributed by atoms with Gasteiger partial charge in [-0.1, -0.05) is 0 Å². The molecule has 0 unspecified atom stereocenters. The number of ether oxygens (including phenoxy) is 1. The van der Waals surface area contributed by atoms with Crippen LogP contribution in [0.3, 0.4) is 0 Å². The maximum absolute atomic E-state index is 12.1. The van der Waals surface area contributed by atoms with E-state index >= 15 is 0 Å². The topological polar surface area (TPSA) is 43.4 Å². The average molecular weight is 295 g/mol. The van der Waals surface area contributed by atoms with E-state index in [0.29, 0.717) is 26.9 Å². The zero-order valence-electron chi connectivity index (χ0n) is 9.76. The molecule has 0 aromatic heterocycles. The van der Waals surface area contributed by atoms with Crippen molar-refractivity contribution in [2.45, 2.75) is 13.8 Å². The number of aryl methyl sites for hydroxylation is 1. The summed E-state index contributed by atoms with van der Waals surface area (Å²) in [5.41, 5.74) is 2.08. The van der Waals surface area contributed by atoms with Crippen LogP contribution in [0, 0.1) is 6.92 Å². The van der Waals surface area contributed by atoms with Crippen molar-refractivity contribution in [1.29, 1.82) is 0 Å². The van der Waals surface area contributed by atoms with Gasteiger partial charge in [-0.05, 0) is 47.5 Å². The Kier molecular flexibility index (Phi) is 2.91. The van der Waals surface area contributed by atoms with Gasteiger partial charge in [0.1, 0.15) is 5.75 Å². The summed E-state index contributed by atoms with van der Waals surface area (Å²) in [4.78, 5) is 24.1. The highest BCUT2D eigenvalue weighted by Crippen LogP contribution is 2.36. The highest BCUT2D eigenvalue weighted by molar-refractivity contribution is 9.10. The van der Waals surface area contributed by atoms with Gasteiger partial charge in [0.2, 0.25) is 0 Å². The second-order valence-electron chi connectivity index (χ2n) is 3.98. The Balaban J connectivity index is 2.85. The Morgan fingerprint density at radius 1 is 1.18 bits per heavy atom. The minimum Gasteiger partial charge on any atom is -0.496 e. The molecule has 4 heteroatoms. The molecule has 0 bridgehead atoms. The molecule has 0 N–H and O–H groups in total. The number of hydrogen-bond acceptors (Lipinski definition) is 3. The number of fused-ring (bicyclic) bond motifs is 1. The number of rotatable bonds is 1. The van der Waals surface area contributed by atoms with E-state index in [-0.39, 0.29) is 11.6 Å². The lowest BCUT2D eigenvalue weighted by Gasteiger charge is -2.18. The van der Waals surface area contributed by atoms with Gasteiger partial charge in [0, 0.05) is 10.0 Å². The van der Waals surface area contributed by atoms with E-state index in [1.807, 2.05) is 6.92 Å². The molecule has 0 atom stereocenters. The normalized spacial score (nSPS) is 14.5. The standard InChI is InChI=1S/C13H11BrO3/c1-6-5-9(17-3)10-8(15)4-7(2)13(16)11(10)12(6)14/h4-5H,1-3H3. The highest BCUT2D eigenvalue weighted by atomic mass is 79.9. The summed E-state index contributed by atoms with van der Waals surface area (Å²) in [6, 6.07) is 1.75. The van der Waals surface area contributed by atoms with Crippen LogP contribution in [0.4, 0.5) is 0 Å². The number of allylic oxidation sites excluding steroid dienone is 2. The van der Waals surface area contributed by atoms with Crippen LogP contribution in [0.2, 0.25) is 0 Å². The Morgan fingerprint density at radius 3 is 2.41 bits per heavy atom. The highest BCUT2D eigenvalue weighted by Gasteiger charge is 2.29. The number of methoxy groups -OCH3 is 1. The second-order valence-corrected chi connectivity index (χ2v) is 4.77. The first kappa shape index (κ1) is 12.0. The summed E-state index contributed by atoms with van der Waals surface area (Å²) >= 11 is 3.37. The maximum atomic E-state index is 12.1. The van der Waals surface area contributed by atoms with Crippen molar-refractivity contribution in [3.63, 3.8) is 0 Å². The van der Waals surface area contributed by atoms with Gasteiger partial charge < -0.3 is 4.74 Å². The summed E-state index contributed by atoms with van der Waals surface area (Å²) in [6.07, 6.45) is 1.36. The molecule has 88 valence electrons. The number of carbonyl (C=O) groups excluding carboxylic acids is 2. The lowest BCUT2D eigenvalue weighted by molar-refractivity contribution is 0.0981. The van der Waals surface area contributed by atoms with E-state index in [0.717, 1.165) is 5.56 Å². The Labute approximate surface area is 108 Å².